The average molecular weight is 290 g/mol. The van der Waals surface area contributed by atoms with E-state index in [2.05, 4.69) is 0 Å². The molecule has 2 heterocycles. The van der Waals surface area contributed by atoms with Crippen molar-refractivity contribution in [2.24, 2.45) is 5.92 Å². The summed E-state index contributed by atoms with van der Waals surface area (Å²) in [6.07, 6.45) is 2.89. The third-order valence-electron chi connectivity index (χ3n) is 4.66. The third-order valence-corrected chi connectivity index (χ3v) is 5.88. The molecular formula is C17H22O2S. The van der Waals surface area contributed by atoms with Gasteiger partial charge in [-0.05, 0) is 50.0 Å². The first-order valence-corrected chi connectivity index (χ1v) is 8.59. The van der Waals surface area contributed by atoms with Crippen molar-refractivity contribution in [3.8, 4) is 0 Å². The predicted molar refractivity (Wildman–Crippen MR) is 83.6 cm³/mol. The van der Waals surface area contributed by atoms with Gasteiger partial charge in [0.25, 0.3) is 0 Å². The Morgan fingerprint density at radius 2 is 2.10 bits per heavy atom. The Morgan fingerprint density at radius 1 is 1.35 bits per heavy atom. The topological polar surface area (TPSA) is 26.3 Å². The van der Waals surface area contributed by atoms with Crippen molar-refractivity contribution in [1.29, 1.82) is 0 Å². The molecule has 0 radical (unpaired) electrons. The summed E-state index contributed by atoms with van der Waals surface area (Å²) in [5, 5.41) is 0. The largest absolute Gasteiger partial charge is 0.374 e. The van der Waals surface area contributed by atoms with E-state index in [-0.39, 0.29) is 11.5 Å². The van der Waals surface area contributed by atoms with Crippen LogP contribution in [0.25, 0.3) is 0 Å². The number of ketones is 1. The molecule has 1 spiro atoms. The Kier molecular flexibility index (Phi) is 3.91. The molecule has 0 saturated carbocycles. The second kappa shape index (κ2) is 5.53. The first-order valence-electron chi connectivity index (χ1n) is 7.43. The molecule has 1 aromatic rings. The number of hydrogen-bond donors (Lipinski definition) is 0. The lowest BCUT2D eigenvalue weighted by molar-refractivity contribution is -0.0734. The molecule has 2 aliphatic rings. The van der Waals surface area contributed by atoms with Gasteiger partial charge in [0.1, 0.15) is 0 Å². The standard InChI is InChI=1S/C17H22O2S/c1-12-4-3-5-13(2)15(12)16(18)14-6-8-19-17(10-14)7-9-20-11-17/h3-5,14H,6-11H2,1-2H3. The van der Waals surface area contributed by atoms with Crippen molar-refractivity contribution in [1.82, 2.24) is 0 Å². The normalized spacial score (nSPS) is 29.8. The highest BCUT2D eigenvalue weighted by atomic mass is 32.2. The number of rotatable bonds is 2. The summed E-state index contributed by atoms with van der Waals surface area (Å²) in [4.78, 5) is 12.9. The molecule has 3 rings (SSSR count). The third kappa shape index (κ3) is 2.53. The van der Waals surface area contributed by atoms with Crippen LogP contribution in [0, 0.1) is 19.8 Å². The fraction of sp³-hybridized carbons (Fsp3) is 0.588. The predicted octanol–water partition coefficient (Wildman–Crippen LogP) is 3.79. The second-order valence-corrected chi connectivity index (χ2v) is 7.26. The zero-order valence-corrected chi connectivity index (χ0v) is 13.1. The number of carbonyl (C=O) groups is 1. The maximum Gasteiger partial charge on any atom is 0.166 e. The fourth-order valence-electron chi connectivity index (χ4n) is 3.52. The van der Waals surface area contributed by atoms with Crippen LogP contribution in [0.5, 0.6) is 0 Å². The molecule has 2 atom stereocenters. The average Bonchev–Trinajstić information content (AvgIpc) is 2.86. The summed E-state index contributed by atoms with van der Waals surface area (Å²) in [7, 11) is 0. The highest BCUT2D eigenvalue weighted by molar-refractivity contribution is 7.99. The summed E-state index contributed by atoms with van der Waals surface area (Å²) in [5.74, 6) is 2.70. The number of ether oxygens (including phenoxy) is 1. The summed E-state index contributed by atoms with van der Waals surface area (Å²) >= 11 is 1.96. The van der Waals surface area contributed by atoms with Crippen molar-refractivity contribution < 1.29 is 9.53 Å². The number of thioether (sulfide) groups is 1. The van der Waals surface area contributed by atoms with Gasteiger partial charge >= 0.3 is 0 Å². The highest BCUT2D eigenvalue weighted by Crippen LogP contribution is 2.41. The molecule has 0 bridgehead atoms. The first kappa shape index (κ1) is 14.2. The molecule has 20 heavy (non-hydrogen) atoms. The molecule has 108 valence electrons. The van der Waals surface area contributed by atoms with E-state index in [1.165, 1.54) is 5.75 Å². The van der Waals surface area contributed by atoms with Crippen LogP contribution in [0.1, 0.15) is 40.7 Å². The quantitative estimate of drug-likeness (QED) is 0.775. The molecule has 2 aliphatic heterocycles. The minimum Gasteiger partial charge on any atom is -0.374 e. The van der Waals surface area contributed by atoms with Crippen molar-refractivity contribution >= 4 is 17.5 Å². The van der Waals surface area contributed by atoms with Crippen molar-refractivity contribution in [2.45, 2.75) is 38.7 Å². The van der Waals surface area contributed by atoms with Crippen LogP contribution < -0.4 is 0 Å². The molecular weight excluding hydrogens is 268 g/mol. The van der Waals surface area contributed by atoms with Gasteiger partial charge in [0.05, 0.1) is 5.60 Å². The van der Waals surface area contributed by atoms with Crippen LogP contribution in [0.4, 0.5) is 0 Å². The van der Waals surface area contributed by atoms with E-state index in [4.69, 9.17) is 4.74 Å². The molecule has 2 unspecified atom stereocenters. The molecule has 0 N–H and O–H groups in total. The number of Topliss-reactive ketones (excluding diaryl/α,β-unsaturated/α-hetero) is 1. The number of benzene rings is 1. The van der Waals surface area contributed by atoms with Gasteiger partial charge in [0.2, 0.25) is 0 Å². The Hall–Kier alpha value is -0.800. The van der Waals surface area contributed by atoms with Gasteiger partial charge in [-0.1, -0.05) is 18.2 Å². The van der Waals surface area contributed by atoms with Gasteiger partial charge in [-0.3, -0.25) is 4.79 Å². The summed E-state index contributed by atoms with van der Waals surface area (Å²) in [6, 6.07) is 6.11. The summed E-state index contributed by atoms with van der Waals surface area (Å²) in [6.45, 7) is 4.82. The van der Waals surface area contributed by atoms with Gasteiger partial charge in [0.15, 0.2) is 5.78 Å². The lowest BCUT2D eigenvalue weighted by Gasteiger charge is -2.37. The molecule has 0 aromatic heterocycles. The van der Waals surface area contributed by atoms with Gasteiger partial charge < -0.3 is 4.74 Å². The van der Waals surface area contributed by atoms with Crippen LogP contribution in [-0.4, -0.2) is 29.5 Å². The maximum absolute atomic E-state index is 12.9. The Bertz CT molecular complexity index is 497. The molecule has 0 amide bonds. The van der Waals surface area contributed by atoms with E-state index in [0.29, 0.717) is 5.78 Å². The van der Waals surface area contributed by atoms with Crippen LogP contribution in [-0.2, 0) is 4.74 Å². The van der Waals surface area contributed by atoms with E-state index >= 15 is 0 Å². The van der Waals surface area contributed by atoms with E-state index in [9.17, 15) is 4.79 Å². The lowest BCUT2D eigenvalue weighted by atomic mass is 9.80. The molecule has 2 saturated heterocycles. The smallest absolute Gasteiger partial charge is 0.166 e. The minimum absolute atomic E-state index is 0.0141. The molecule has 0 aliphatic carbocycles. The zero-order valence-electron chi connectivity index (χ0n) is 12.3. The van der Waals surface area contributed by atoms with Crippen LogP contribution in [0.2, 0.25) is 0 Å². The Morgan fingerprint density at radius 3 is 2.75 bits per heavy atom. The lowest BCUT2D eigenvalue weighted by Crippen LogP contribution is -2.42. The van der Waals surface area contributed by atoms with Crippen LogP contribution in [0.15, 0.2) is 18.2 Å². The molecule has 2 nitrogen and oxygen atoms in total. The zero-order chi connectivity index (χ0) is 14.2. The molecule has 3 heteroatoms. The molecule has 1 aromatic carbocycles. The monoisotopic (exact) mass is 290 g/mol. The second-order valence-electron chi connectivity index (χ2n) is 6.15. The van der Waals surface area contributed by atoms with Gasteiger partial charge in [-0.2, -0.15) is 11.8 Å². The van der Waals surface area contributed by atoms with Crippen molar-refractivity contribution in [3.05, 3.63) is 34.9 Å². The van der Waals surface area contributed by atoms with Gasteiger partial charge in [0, 0.05) is 23.8 Å². The van der Waals surface area contributed by atoms with Gasteiger partial charge in [-0.25, -0.2) is 0 Å². The Balaban J connectivity index is 1.83. The van der Waals surface area contributed by atoms with Crippen LogP contribution in [0.3, 0.4) is 0 Å². The first-order chi connectivity index (χ1) is 9.61. The van der Waals surface area contributed by atoms with Gasteiger partial charge in [-0.15, -0.1) is 0 Å². The maximum atomic E-state index is 12.9. The summed E-state index contributed by atoms with van der Waals surface area (Å²) < 4.78 is 6.03. The SMILES string of the molecule is Cc1cccc(C)c1C(=O)C1CCOC2(CCSC2)C1. The van der Waals surface area contributed by atoms with Crippen molar-refractivity contribution in [2.75, 3.05) is 18.1 Å². The summed E-state index contributed by atoms with van der Waals surface area (Å²) in [5.41, 5.74) is 3.15. The minimum atomic E-state index is -0.0141. The highest BCUT2D eigenvalue weighted by Gasteiger charge is 2.42. The van der Waals surface area contributed by atoms with Crippen molar-refractivity contribution in [3.63, 3.8) is 0 Å². The van der Waals surface area contributed by atoms with E-state index in [1.54, 1.807) is 0 Å². The molecule has 2 fully saturated rings. The van der Waals surface area contributed by atoms with E-state index < -0.39 is 0 Å². The van der Waals surface area contributed by atoms with E-state index in [1.807, 2.05) is 43.8 Å². The van der Waals surface area contributed by atoms with E-state index in [0.717, 1.165) is 48.3 Å². The Labute approximate surface area is 125 Å². The number of hydrogen-bond acceptors (Lipinski definition) is 3. The number of aryl methyl sites for hydroxylation is 2. The van der Waals surface area contributed by atoms with Crippen LogP contribution >= 0.6 is 11.8 Å². The fourth-order valence-corrected chi connectivity index (χ4v) is 4.90. The number of carbonyl (C=O) groups excluding carboxylic acids is 1.